The van der Waals surface area contributed by atoms with Crippen molar-refractivity contribution in [2.75, 3.05) is 36.5 Å². The average molecular weight is 433 g/mol. The number of carbonyl (C=O) groups is 2. The van der Waals surface area contributed by atoms with Gasteiger partial charge in [0.2, 0.25) is 5.91 Å². The molecule has 0 saturated carbocycles. The van der Waals surface area contributed by atoms with Gasteiger partial charge in [-0.15, -0.1) is 11.3 Å². The number of anilines is 1. The first-order chi connectivity index (χ1) is 14.1. The molecule has 1 atom stereocenters. The van der Waals surface area contributed by atoms with Crippen molar-refractivity contribution >= 4 is 39.2 Å². The number of nitrogens with one attached hydrogen (secondary N) is 1. The Morgan fingerprint density at radius 1 is 1.21 bits per heavy atom. The van der Waals surface area contributed by atoms with Gasteiger partial charge in [0.15, 0.2) is 5.13 Å². The Labute approximate surface area is 176 Å². The van der Waals surface area contributed by atoms with Crippen LogP contribution >= 0.6 is 11.3 Å². The molecular weight excluding hydrogens is 408 g/mol. The number of amides is 3. The number of aryl methyl sites for hydroxylation is 1. The Morgan fingerprint density at radius 3 is 2.55 bits per heavy atom. The normalized spacial score (nSPS) is 19.7. The van der Waals surface area contributed by atoms with Crippen LogP contribution in [0.2, 0.25) is 0 Å². The van der Waals surface area contributed by atoms with Crippen LogP contribution in [0.3, 0.4) is 0 Å². The van der Waals surface area contributed by atoms with Crippen molar-refractivity contribution in [2.24, 2.45) is 0 Å². The number of thiazole rings is 1. The van der Waals surface area contributed by atoms with Gasteiger partial charge >= 0.3 is 6.03 Å². The second-order valence-corrected chi connectivity index (χ2v) is 9.89. The van der Waals surface area contributed by atoms with Gasteiger partial charge < -0.3 is 15.1 Å². The Kier molecular flexibility index (Phi) is 5.96. The second-order valence-electron chi connectivity index (χ2n) is 7.12. The van der Waals surface area contributed by atoms with Crippen molar-refractivity contribution in [2.45, 2.75) is 25.8 Å². The van der Waals surface area contributed by atoms with Crippen LogP contribution in [-0.2, 0) is 22.0 Å². The molecule has 4 rings (SSSR count). The number of benzene rings is 1. The molecule has 29 heavy (non-hydrogen) atoms. The highest BCUT2D eigenvalue weighted by atomic mass is 32.2. The van der Waals surface area contributed by atoms with Crippen molar-refractivity contribution < 1.29 is 13.8 Å². The van der Waals surface area contributed by atoms with Crippen LogP contribution in [0.1, 0.15) is 18.2 Å². The molecule has 154 valence electrons. The number of hydrogen-bond donors (Lipinski definition) is 1. The number of rotatable bonds is 4. The first-order valence-corrected chi connectivity index (χ1v) is 12.1. The Bertz CT molecular complexity index is 921. The monoisotopic (exact) mass is 432 g/mol. The first kappa shape index (κ1) is 20.0. The molecule has 0 radical (unpaired) electrons. The smallest absolute Gasteiger partial charge is 0.320 e. The van der Waals surface area contributed by atoms with E-state index < -0.39 is 16.8 Å². The first-order valence-electron chi connectivity index (χ1n) is 9.83. The number of urea groups is 1. The number of aromatic nitrogens is 1. The molecule has 1 aromatic heterocycles. The number of carbonyl (C=O) groups excluding carboxylic acids is 2. The molecule has 7 nitrogen and oxygen atoms in total. The zero-order valence-electron chi connectivity index (χ0n) is 16.3. The standard InChI is InChI=1S/C20H24N4O3S2/c1-2-16-17(14-6-4-3-5-7-14)21-19(28-16)22-18(25)15-8-9-24(15)20(26)23-10-12-29(27)13-11-23/h3-7,15H,2,8-13H2,1H3,(H,21,22,25). The van der Waals surface area contributed by atoms with Crippen molar-refractivity contribution in [3.63, 3.8) is 0 Å². The fourth-order valence-electron chi connectivity index (χ4n) is 3.55. The Hall–Kier alpha value is -2.26. The minimum atomic E-state index is -0.834. The van der Waals surface area contributed by atoms with E-state index in [0.29, 0.717) is 42.7 Å². The summed E-state index contributed by atoms with van der Waals surface area (Å²) in [5.74, 6) is 0.830. The molecule has 2 saturated heterocycles. The SMILES string of the molecule is CCc1sc(NC(=O)C2CCN2C(=O)N2CCS(=O)CC2)nc1-c1ccccc1. The molecule has 2 aliphatic heterocycles. The van der Waals surface area contributed by atoms with E-state index in [0.717, 1.165) is 22.6 Å². The quantitative estimate of drug-likeness (QED) is 0.805. The lowest BCUT2D eigenvalue weighted by Gasteiger charge is -2.42. The second kappa shape index (κ2) is 8.62. The van der Waals surface area contributed by atoms with Crippen molar-refractivity contribution in [1.82, 2.24) is 14.8 Å². The lowest BCUT2D eigenvalue weighted by atomic mass is 10.0. The molecule has 0 aliphatic carbocycles. The largest absolute Gasteiger partial charge is 0.323 e. The Balaban J connectivity index is 1.42. The molecule has 2 aromatic rings. The van der Waals surface area contributed by atoms with Gasteiger partial charge in [-0.3, -0.25) is 9.00 Å². The molecule has 2 fully saturated rings. The van der Waals surface area contributed by atoms with Gasteiger partial charge in [-0.2, -0.15) is 0 Å². The lowest BCUT2D eigenvalue weighted by molar-refractivity contribution is -0.123. The zero-order valence-corrected chi connectivity index (χ0v) is 17.9. The topological polar surface area (TPSA) is 82.6 Å². The third kappa shape index (κ3) is 4.20. The molecular formula is C20H24N4O3S2. The van der Waals surface area contributed by atoms with E-state index in [4.69, 9.17) is 0 Å². The summed E-state index contributed by atoms with van der Waals surface area (Å²) < 4.78 is 11.5. The van der Waals surface area contributed by atoms with Crippen molar-refractivity contribution in [3.8, 4) is 11.3 Å². The minimum Gasteiger partial charge on any atom is -0.323 e. The highest BCUT2D eigenvalue weighted by Gasteiger charge is 2.40. The molecule has 3 amide bonds. The van der Waals surface area contributed by atoms with Gasteiger partial charge in [-0.1, -0.05) is 37.3 Å². The van der Waals surface area contributed by atoms with E-state index in [1.165, 1.54) is 11.3 Å². The fourth-order valence-corrected chi connectivity index (χ4v) is 5.53. The van der Waals surface area contributed by atoms with Crippen LogP contribution in [0.4, 0.5) is 9.93 Å². The molecule has 9 heteroatoms. The zero-order chi connectivity index (χ0) is 20.4. The summed E-state index contributed by atoms with van der Waals surface area (Å²) in [6, 6.07) is 9.33. The minimum absolute atomic E-state index is 0.133. The van der Waals surface area contributed by atoms with Gasteiger partial charge in [-0.25, -0.2) is 9.78 Å². The van der Waals surface area contributed by atoms with Crippen LogP contribution in [0.5, 0.6) is 0 Å². The predicted octanol–water partition coefficient (Wildman–Crippen LogP) is 2.57. The molecule has 1 N–H and O–H groups in total. The third-order valence-corrected chi connectivity index (χ3v) is 7.70. The van der Waals surface area contributed by atoms with E-state index in [2.05, 4.69) is 17.2 Å². The maximum absolute atomic E-state index is 12.8. The van der Waals surface area contributed by atoms with Gasteiger partial charge in [0.05, 0.1) is 5.69 Å². The number of hydrogen-bond acceptors (Lipinski definition) is 5. The summed E-state index contributed by atoms with van der Waals surface area (Å²) in [5, 5.41) is 3.48. The maximum atomic E-state index is 12.8. The number of nitrogens with zero attached hydrogens (tertiary/aromatic N) is 3. The summed E-state index contributed by atoms with van der Waals surface area (Å²) >= 11 is 1.48. The molecule has 1 unspecified atom stereocenters. The average Bonchev–Trinajstić information content (AvgIpc) is 3.11. The van der Waals surface area contributed by atoms with Crippen LogP contribution in [0.25, 0.3) is 11.3 Å². The van der Waals surface area contributed by atoms with E-state index in [1.54, 1.807) is 9.80 Å². The number of likely N-dealkylation sites (tertiary alicyclic amines) is 1. The van der Waals surface area contributed by atoms with Crippen LogP contribution < -0.4 is 5.32 Å². The van der Waals surface area contributed by atoms with E-state index in [9.17, 15) is 13.8 Å². The summed E-state index contributed by atoms with van der Waals surface area (Å²) in [6.07, 6.45) is 1.48. The molecule has 0 spiro atoms. The summed E-state index contributed by atoms with van der Waals surface area (Å²) in [6.45, 7) is 3.62. The van der Waals surface area contributed by atoms with Gasteiger partial charge in [0.25, 0.3) is 0 Å². The fraction of sp³-hybridized carbons (Fsp3) is 0.450. The van der Waals surface area contributed by atoms with Crippen LogP contribution in [0, 0.1) is 0 Å². The van der Waals surface area contributed by atoms with Gasteiger partial charge in [0.1, 0.15) is 6.04 Å². The molecule has 0 bridgehead atoms. The van der Waals surface area contributed by atoms with Crippen molar-refractivity contribution in [1.29, 1.82) is 0 Å². The summed E-state index contributed by atoms with van der Waals surface area (Å²) in [5.41, 5.74) is 1.93. The predicted molar refractivity (Wildman–Crippen MR) is 116 cm³/mol. The van der Waals surface area contributed by atoms with E-state index in [-0.39, 0.29) is 11.9 Å². The highest BCUT2D eigenvalue weighted by molar-refractivity contribution is 7.85. The molecule has 3 heterocycles. The summed E-state index contributed by atoms with van der Waals surface area (Å²) in [7, 11) is -0.834. The van der Waals surface area contributed by atoms with E-state index in [1.807, 2.05) is 30.3 Å². The Morgan fingerprint density at radius 2 is 1.93 bits per heavy atom. The lowest BCUT2D eigenvalue weighted by Crippen LogP contribution is -2.61. The van der Waals surface area contributed by atoms with Gasteiger partial charge in [-0.05, 0) is 12.8 Å². The molecule has 2 aliphatic rings. The molecule has 1 aromatic carbocycles. The summed E-state index contributed by atoms with van der Waals surface area (Å²) in [4.78, 5) is 34.6. The van der Waals surface area contributed by atoms with E-state index >= 15 is 0 Å². The van der Waals surface area contributed by atoms with Crippen LogP contribution in [-0.4, -0.2) is 68.1 Å². The maximum Gasteiger partial charge on any atom is 0.320 e. The van der Waals surface area contributed by atoms with Gasteiger partial charge in [0, 0.05) is 52.4 Å². The van der Waals surface area contributed by atoms with Crippen molar-refractivity contribution in [3.05, 3.63) is 35.2 Å². The van der Waals surface area contributed by atoms with Crippen LogP contribution in [0.15, 0.2) is 30.3 Å². The highest BCUT2D eigenvalue weighted by Crippen LogP contribution is 2.32. The third-order valence-electron chi connectivity index (χ3n) is 5.31.